The number of thiazole rings is 1. The maximum atomic E-state index is 12.6. The third kappa shape index (κ3) is 4.25. The maximum absolute atomic E-state index is 12.6. The number of hydrogen-bond donors (Lipinski definition) is 0. The van der Waals surface area contributed by atoms with Crippen molar-refractivity contribution in [1.29, 1.82) is 0 Å². The fourth-order valence-corrected chi connectivity index (χ4v) is 4.56. The second-order valence-electron chi connectivity index (χ2n) is 5.70. The third-order valence-electron chi connectivity index (χ3n) is 3.95. The molecule has 0 unspecified atom stereocenters. The molecule has 2 aromatic carbocycles. The quantitative estimate of drug-likeness (QED) is 0.419. The van der Waals surface area contributed by atoms with Gasteiger partial charge in [-0.2, -0.15) is 4.99 Å². The van der Waals surface area contributed by atoms with Crippen LogP contribution in [0.25, 0.3) is 11.3 Å². The fraction of sp³-hybridized carbons (Fsp3) is 0.158. The highest BCUT2D eigenvalue weighted by Gasteiger charge is 2.15. The summed E-state index contributed by atoms with van der Waals surface area (Å²) < 4.78 is 1.97. The Labute approximate surface area is 180 Å². The Kier molecular flexibility index (Phi) is 6.34. The van der Waals surface area contributed by atoms with Gasteiger partial charge in [0.05, 0.1) is 26.3 Å². The lowest BCUT2D eigenvalue weighted by Gasteiger charge is -2.08. The minimum Gasteiger partial charge on any atom is -0.316 e. The van der Waals surface area contributed by atoms with Gasteiger partial charge in [0.15, 0.2) is 4.80 Å². The minimum absolute atomic E-state index is 0.275. The lowest BCUT2D eigenvalue weighted by atomic mass is 10.1. The Bertz CT molecular complexity index is 1100. The molecule has 1 amide bonds. The molecule has 0 saturated carbocycles. The molecule has 140 valence electrons. The smallest absolute Gasteiger partial charge is 0.281 e. The second-order valence-corrected chi connectivity index (χ2v) is 8.54. The summed E-state index contributed by atoms with van der Waals surface area (Å²) in [5, 5.41) is 1.71. The van der Waals surface area contributed by atoms with Crippen LogP contribution < -0.4 is 4.80 Å². The topological polar surface area (TPSA) is 34.4 Å². The molecule has 0 bridgehead atoms. The Balaban J connectivity index is 2.13. The zero-order valence-corrected chi connectivity index (χ0v) is 18.2. The SMILES string of the molecule is CCn1c(-c2ccc(Cl)c(Cl)c2)c(C)sc1=NC(=O)c1ccc(Cl)cc1Cl. The summed E-state index contributed by atoms with van der Waals surface area (Å²) in [5.74, 6) is -0.416. The van der Waals surface area contributed by atoms with E-state index in [1.165, 1.54) is 17.4 Å². The number of amides is 1. The highest BCUT2D eigenvalue weighted by atomic mass is 35.5. The van der Waals surface area contributed by atoms with Crippen molar-refractivity contribution in [2.24, 2.45) is 4.99 Å². The minimum atomic E-state index is -0.416. The van der Waals surface area contributed by atoms with E-state index in [0.717, 1.165) is 16.1 Å². The van der Waals surface area contributed by atoms with Crippen molar-refractivity contribution in [1.82, 2.24) is 4.57 Å². The monoisotopic (exact) mass is 458 g/mol. The van der Waals surface area contributed by atoms with E-state index in [-0.39, 0.29) is 5.02 Å². The van der Waals surface area contributed by atoms with E-state index >= 15 is 0 Å². The van der Waals surface area contributed by atoms with Crippen LogP contribution in [0.5, 0.6) is 0 Å². The molecular weight excluding hydrogens is 446 g/mol. The van der Waals surface area contributed by atoms with Gasteiger partial charge in [-0.05, 0) is 44.2 Å². The number of nitrogens with zero attached hydrogens (tertiary/aromatic N) is 2. The lowest BCUT2D eigenvalue weighted by molar-refractivity contribution is 0.0998. The van der Waals surface area contributed by atoms with Gasteiger partial charge >= 0.3 is 0 Å². The molecule has 1 heterocycles. The van der Waals surface area contributed by atoms with E-state index < -0.39 is 5.91 Å². The zero-order chi connectivity index (χ0) is 19.7. The summed E-state index contributed by atoms with van der Waals surface area (Å²) >= 11 is 25.7. The van der Waals surface area contributed by atoms with Crippen LogP contribution in [0.4, 0.5) is 0 Å². The normalized spacial score (nSPS) is 11.9. The molecule has 0 aliphatic heterocycles. The summed E-state index contributed by atoms with van der Waals surface area (Å²) in [4.78, 5) is 18.5. The Morgan fingerprint density at radius 2 is 1.78 bits per heavy atom. The second kappa shape index (κ2) is 8.38. The van der Waals surface area contributed by atoms with Gasteiger partial charge in [0.2, 0.25) is 0 Å². The van der Waals surface area contributed by atoms with Crippen molar-refractivity contribution < 1.29 is 4.79 Å². The molecule has 0 radical (unpaired) electrons. The first-order valence-corrected chi connectivity index (χ1v) is 10.3. The summed E-state index contributed by atoms with van der Waals surface area (Å²) in [6.45, 7) is 4.61. The molecule has 0 fully saturated rings. The van der Waals surface area contributed by atoms with E-state index in [1.54, 1.807) is 18.2 Å². The molecule has 27 heavy (non-hydrogen) atoms. The molecule has 0 aliphatic rings. The lowest BCUT2D eigenvalue weighted by Crippen LogP contribution is -2.17. The molecule has 0 N–H and O–H groups in total. The average Bonchev–Trinajstić information content (AvgIpc) is 2.92. The number of carbonyl (C=O) groups excluding carboxylic acids is 1. The molecule has 1 aromatic heterocycles. The highest BCUT2D eigenvalue weighted by Crippen LogP contribution is 2.31. The molecule has 3 nitrogen and oxygen atoms in total. The Morgan fingerprint density at radius 3 is 2.41 bits per heavy atom. The van der Waals surface area contributed by atoms with Crippen molar-refractivity contribution >= 4 is 63.6 Å². The molecule has 3 rings (SSSR count). The standard InChI is InChI=1S/C19H14Cl4N2OS/c1-3-25-17(11-4-7-14(21)16(23)8-11)10(2)27-19(25)24-18(26)13-6-5-12(20)9-15(13)22/h4-9H,3H2,1-2H3. The maximum Gasteiger partial charge on any atom is 0.281 e. The first kappa shape index (κ1) is 20.4. The average molecular weight is 460 g/mol. The van der Waals surface area contributed by atoms with Gasteiger partial charge in [-0.1, -0.05) is 52.5 Å². The first-order chi connectivity index (χ1) is 12.8. The summed E-state index contributed by atoms with van der Waals surface area (Å²) in [6, 6.07) is 10.2. The van der Waals surface area contributed by atoms with E-state index in [9.17, 15) is 4.79 Å². The number of halogens is 4. The third-order valence-corrected chi connectivity index (χ3v) is 6.23. The number of aromatic nitrogens is 1. The Hall–Kier alpha value is -1.30. The summed E-state index contributed by atoms with van der Waals surface area (Å²) in [6.07, 6.45) is 0. The predicted octanol–water partition coefficient (Wildman–Crippen LogP) is 6.90. The highest BCUT2D eigenvalue weighted by molar-refractivity contribution is 7.09. The zero-order valence-electron chi connectivity index (χ0n) is 14.4. The van der Waals surface area contributed by atoms with Gasteiger partial charge in [-0.15, -0.1) is 11.3 Å². The van der Waals surface area contributed by atoms with Crippen molar-refractivity contribution in [3.05, 3.63) is 71.7 Å². The number of hydrogen-bond acceptors (Lipinski definition) is 2. The molecule has 0 atom stereocenters. The van der Waals surface area contributed by atoms with Gasteiger partial charge in [0.25, 0.3) is 5.91 Å². The van der Waals surface area contributed by atoms with Crippen LogP contribution >= 0.6 is 57.7 Å². The summed E-state index contributed by atoms with van der Waals surface area (Å²) in [7, 11) is 0. The molecule has 0 spiro atoms. The number of rotatable bonds is 3. The van der Waals surface area contributed by atoms with Crippen LogP contribution in [0.2, 0.25) is 20.1 Å². The molecule has 0 saturated heterocycles. The number of carbonyl (C=O) groups is 1. The van der Waals surface area contributed by atoms with E-state index in [0.29, 0.717) is 32.0 Å². The van der Waals surface area contributed by atoms with E-state index in [4.69, 9.17) is 46.4 Å². The van der Waals surface area contributed by atoms with Gasteiger partial charge in [0, 0.05) is 22.0 Å². The van der Waals surface area contributed by atoms with Crippen LogP contribution in [-0.2, 0) is 6.54 Å². The van der Waals surface area contributed by atoms with Gasteiger partial charge in [0.1, 0.15) is 0 Å². The van der Waals surface area contributed by atoms with Gasteiger partial charge in [-0.3, -0.25) is 4.79 Å². The van der Waals surface area contributed by atoms with Crippen molar-refractivity contribution in [3.63, 3.8) is 0 Å². The van der Waals surface area contributed by atoms with Crippen LogP contribution in [0, 0.1) is 6.92 Å². The number of aryl methyl sites for hydroxylation is 1. The molecule has 8 heteroatoms. The Morgan fingerprint density at radius 1 is 1.04 bits per heavy atom. The fourth-order valence-electron chi connectivity index (χ4n) is 2.72. The predicted molar refractivity (Wildman–Crippen MR) is 115 cm³/mol. The number of benzene rings is 2. The largest absolute Gasteiger partial charge is 0.316 e. The van der Waals surface area contributed by atoms with Crippen molar-refractivity contribution in [2.75, 3.05) is 0 Å². The van der Waals surface area contributed by atoms with Crippen LogP contribution in [0.1, 0.15) is 22.2 Å². The van der Waals surface area contributed by atoms with Crippen LogP contribution in [0.15, 0.2) is 41.4 Å². The van der Waals surface area contributed by atoms with Gasteiger partial charge < -0.3 is 4.57 Å². The van der Waals surface area contributed by atoms with Crippen molar-refractivity contribution in [2.45, 2.75) is 20.4 Å². The first-order valence-electron chi connectivity index (χ1n) is 8.01. The summed E-state index contributed by atoms with van der Waals surface area (Å²) in [5.41, 5.74) is 2.18. The molecular formula is C19H14Cl4N2OS. The van der Waals surface area contributed by atoms with Crippen LogP contribution in [-0.4, -0.2) is 10.5 Å². The van der Waals surface area contributed by atoms with Gasteiger partial charge in [-0.25, -0.2) is 0 Å². The van der Waals surface area contributed by atoms with E-state index in [1.807, 2.05) is 30.5 Å². The molecule has 3 aromatic rings. The van der Waals surface area contributed by atoms with Crippen molar-refractivity contribution in [3.8, 4) is 11.3 Å². The van der Waals surface area contributed by atoms with E-state index in [2.05, 4.69) is 4.99 Å². The van der Waals surface area contributed by atoms with Crippen LogP contribution in [0.3, 0.4) is 0 Å². The molecule has 0 aliphatic carbocycles.